The second-order valence-electron chi connectivity index (χ2n) is 20.6. The molecule has 5 heteroatoms. The summed E-state index contributed by atoms with van der Waals surface area (Å²) >= 11 is 0. The lowest BCUT2D eigenvalue weighted by molar-refractivity contribution is 1.22. The van der Waals surface area contributed by atoms with Crippen molar-refractivity contribution in [2.75, 3.05) is 9.80 Å². The van der Waals surface area contributed by atoms with E-state index in [1.165, 1.54) is 59.5 Å². The van der Waals surface area contributed by atoms with Crippen molar-refractivity contribution in [3.63, 3.8) is 0 Å². The molecule has 0 bridgehead atoms. The first-order valence-electron chi connectivity index (χ1n) is 26.5. The summed E-state index contributed by atoms with van der Waals surface area (Å²) in [5.41, 5.74) is 18.8. The molecular formula is C72H45BN4. The van der Waals surface area contributed by atoms with Gasteiger partial charge in [-0.3, -0.25) is 0 Å². The zero-order valence-electron chi connectivity index (χ0n) is 41.8. The van der Waals surface area contributed by atoms with Crippen molar-refractivity contribution in [3.05, 3.63) is 273 Å². The Hall–Kier alpha value is -10.1. The van der Waals surface area contributed by atoms with Crippen LogP contribution in [0.15, 0.2) is 273 Å². The molecule has 1 aromatic heterocycles. The fourth-order valence-corrected chi connectivity index (χ4v) is 12.5. The van der Waals surface area contributed by atoms with Crippen LogP contribution in [0.2, 0.25) is 0 Å². The third kappa shape index (κ3) is 7.09. The first kappa shape index (κ1) is 43.3. The molecule has 2 aliphatic rings. The number of anilines is 6. The summed E-state index contributed by atoms with van der Waals surface area (Å²) in [4.78, 5) is 16.2. The molecule has 13 aromatic carbocycles. The molecule has 2 aliphatic heterocycles. The third-order valence-corrected chi connectivity index (χ3v) is 16.0. The van der Waals surface area contributed by atoms with Gasteiger partial charge >= 0.3 is 0 Å². The molecule has 3 heterocycles. The van der Waals surface area contributed by atoms with E-state index in [1.54, 1.807) is 0 Å². The number of rotatable bonds is 6. The van der Waals surface area contributed by atoms with E-state index in [2.05, 4.69) is 283 Å². The van der Waals surface area contributed by atoms with E-state index >= 15 is 0 Å². The van der Waals surface area contributed by atoms with Crippen molar-refractivity contribution < 1.29 is 0 Å². The minimum atomic E-state index is -0.111. The van der Waals surface area contributed by atoms with Gasteiger partial charge in [0, 0.05) is 50.6 Å². The minimum Gasteiger partial charge on any atom is -0.311 e. The van der Waals surface area contributed by atoms with Crippen LogP contribution in [0, 0.1) is 0 Å². The van der Waals surface area contributed by atoms with Crippen molar-refractivity contribution in [2.24, 2.45) is 0 Å². The van der Waals surface area contributed by atoms with Crippen molar-refractivity contribution in [1.29, 1.82) is 0 Å². The maximum absolute atomic E-state index is 5.75. The number of hydrogen-bond donors (Lipinski definition) is 0. The van der Waals surface area contributed by atoms with Gasteiger partial charge in [-0.25, -0.2) is 9.97 Å². The summed E-state index contributed by atoms with van der Waals surface area (Å²) in [5.74, 6) is 0.672. The minimum absolute atomic E-state index is 0.111. The second kappa shape index (κ2) is 17.2. The highest BCUT2D eigenvalue weighted by Gasteiger charge is 2.44. The smallest absolute Gasteiger partial charge is 0.252 e. The summed E-state index contributed by atoms with van der Waals surface area (Å²) in [6.45, 7) is -0.111. The molecule has 0 fully saturated rings. The molecule has 77 heavy (non-hydrogen) atoms. The number of para-hydroxylation sites is 3. The summed E-state index contributed by atoms with van der Waals surface area (Å²) < 4.78 is 0. The van der Waals surface area contributed by atoms with E-state index in [9.17, 15) is 0 Å². The average molecular weight is 977 g/mol. The molecule has 356 valence electrons. The van der Waals surface area contributed by atoms with E-state index in [-0.39, 0.29) is 6.71 Å². The maximum atomic E-state index is 5.75. The monoisotopic (exact) mass is 976 g/mol. The third-order valence-electron chi connectivity index (χ3n) is 16.0. The number of hydrogen-bond acceptors (Lipinski definition) is 4. The Labute approximate surface area is 446 Å². The first-order chi connectivity index (χ1) is 38.1. The molecule has 0 atom stereocenters. The lowest BCUT2D eigenvalue weighted by Gasteiger charge is -2.44. The molecule has 0 saturated heterocycles. The van der Waals surface area contributed by atoms with Crippen LogP contribution < -0.4 is 26.2 Å². The first-order valence-corrected chi connectivity index (χ1v) is 26.5. The molecule has 4 nitrogen and oxygen atoms in total. The number of fused-ring (bicyclic) bond motifs is 9. The predicted molar refractivity (Wildman–Crippen MR) is 325 cm³/mol. The lowest BCUT2D eigenvalue weighted by Crippen LogP contribution is -2.61. The van der Waals surface area contributed by atoms with Crippen LogP contribution in [0.4, 0.5) is 34.1 Å². The van der Waals surface area contributed by atoms with Crippen LogP contribution in [0.1, 0.15) is 0 Å². The largest absolute Gasteiger partial charge is 0.311 e. The van der Waals surface area contributed by atoms with E-state index in [1.807, 2.05) is 0 Å². The van der Waals surface area contributed by atoms with Crippen LogP contribution in [-0.2, 0) is 0 Å². The van der Waals surface area contributed by atoms with Crippen molar-refractivity contribution in [2.45, 2.75) is 0 Å². The maximum Gasteiger partial charge on any atom is 0.252 e. The zero-order valence-corrected chi connectivity index (χ0v) is 41.8. The Morgan fingerprint density at radius 1 is 0.273 bits per heavy atom. The summed E-state index contributed by atoms with van der Waals surface area (Å²) in [6, 6.07) is 100. The highest BCUT2D eigenvalue weighted by molar-refractivity contribution is 7.00. The molecule has 0 aliphatic carbocycles. The Morgan fingerprint density at radius 3 is 1.16 bits per heavy atom. The molecule has 0 N–H and O–H groups in total. The predicted octanol–water partition coefficient (Wildman–Crippen LogP) is 17.0. The molecule has 0 saturated carbocycles. The fraction of sp³-hybridized carbons (Fsp3) is 0. The average Bonchev–Trinajstić information content (AvgIpc) is 3.50. The Morgan fingerprint density at radius 2 is 0.675 bits per heavy atom. The molecule has 0 amide bonds. The Bertz CT molecular complexity index is 4450. The fourth-order valence-electron chi connectivity index (χ4n) is 12.5. The van der Waals surface area contributed by atoms with Gasteiger partial charge in [-0.15, -0.1) is 0 Å². The van der Waals surface area contributed by atoms with Gasteiger partial charge in [-0.1, -0.05) is 176 Å². The Kier molecular flexibility index (Phi) is 9.70. The van der Waals surface area contributed by atoms with Crippen molar-refractivity contribution in [3.8, 4) is 44.9 Å². The van der Waals surface area contributed by atoms with Gasteiger partial charge in [-0.05, 0) is 179 Å². The summed E-state index contributed by atoms with van der Waals surface area (Å²) in [5, 5.41) is 10.8. The van der Waals surface area contributed by atoms with E-state index in [0.717, 1.165) is 84.1 Å². The standard InChI is InChI=1S/C72H45BN4/c1-5-19-46(20-6-1)52-37-53(47-21-7-2-8-22-47)39-59(38-52)72-74-65-32-18-17-31-62(65)71(75-72)58-44-68-70-69(45-58)77(61-29-11-4-12-30-61)67-43-57-36-51-26-16-14-24-49(51)34-55(57)41-64(67)73(70)63-40-54-33-48-23-13-15-25-50(48)35-56(54)42-66(63)76(68)60-27-9-3-10-28-60/h1-45H. The molecule has 0 spiro atoms. The van der Waals surface area contributed by atoms with Crippen LogP contribution >= 0.6 is 0 Å². The van der Waals surface area contributed by atoms with E-state index in [0.29, 0.717) is 5.82 Å². The molecular weight excluding hydrogens is 932 g/mol. The number of nitrogens with zero attached hydrogens (tertiary/aromatic N) is 4. The highest BCUT2D eigenvalue weighted by Crippen LogP contribution is 2.48. The second-order valence-corrected chi connectivity index (χ2v) is 20.6. The van der Waals surface area contributed by atoms with Crippen molar-refractivity contribution in [1.82, 2.24) is 9.97 Å². The zero-order chi connectivity index (χ0) is 50.6. The van der Waals surface area contributed by atoms with Gasteiger partial charge in [0.25, 0.3) is 6.71 Å². The lowest BCUT2D eigenvalue weighted by atomic mass is 9.33. The highest BCUT2D eigenvalue weighted by atomic mass is 15.2. The molecule has 0 radical (unpaired) electrons. The van der Waals surface area contributed by atoms with Gasteiger partial charge in [0.2, 0.25) is 0 Å². The van der Waals surface area contributed by atoms with Gasteiger partial charge in [0.15, 0.2) is 5.82 Å². The van der Waals surface area contributed by atoms with Gasteiger partial charge in [0.05, 0.1) is 11.2 Å². The number of aromatic nitrogens is 2. The normalized spacial score (nSPS) is 12.6. The summed E-state index contributed by atoms with van der Waals surface area (Å²) in [6.07, 6.45) is 0. The van der Waals surface area contributed by atoms with Gasteiger partial charge in [0.1, 0.15) is 0 Å². The topological polar surface area (TPSA) is 32.3 Å². The quantitative estimate of drug-likeness (QED) is 0.123. The summed E-state index contributed by atoms with van der Waals surface area (Å²) in [7, 11) is 0. The van der Waals surface area contributed by atoms with Crippen molar-refractivity contribution >= 4 is 111 Å². The van der Waals surface area contributed by atoms with E-state index < -0.39 is 0 Å². The Balaban J connectivity index is 1.01. The molecule has 0 unspecified atom stereocenters. The number of benzene rings is 13. The van der Waals surface area contributed by atoms with Gasteiger partial charge < -0.3 is 9.80 Å². The van der Waals surface area contributed by atoms with Crippen LogP contribution in [-0.4, -0.2) is 16.7 Å². The molecule has 14 aromatic rings. The van der Waals surface area contributed by atoms with Crippen LogP contribution in [0.25, 0.3) is 98.9 Å². The SMILES string of the molecule is c1ccc(-c2cc(-c3ccccc3)cc(-c3nc(-c4cc5c6c(c4)N(c4ccccc4)c4cc7cc8ccccc8cc7cc4B6c4cc6cc7ccccc7cc6cc4N5c4ccccc4)c4ccccc4n3)c2)cc1. The van der Waals surface area contributed by atoms with Gasteiger partial charge in [-0.2, -0.15) is 0 Å². The van der Waals surface area contributed by atoms with Crippen LogP contribution in [0.5, 0.6) is 0 Å². The molecule has 16 rings (SSSR count). The van der Waals surface area contributed by atoms with E-state index in [4.69, 9.17) is 9.97 Å². The van der Waals surface area contributed by atoms with Crippen LogP contribution in [0.3, 0.4) is 0 Å².